The van der Waals surface area contributed by atoms with E-state index >= 15 is 0 Å². The number of pyridine rings is 1. The molecular formula is C12H6Cl3N3. The first kappa shape index (κ1) is 13.0. The monoisotopic (exact) mass is 297 g/mol. The van der Waals surface area contributed by atoms with Crippen molar-refractivity contribution in [3.8, 4) is 6.07 Å². The van der Waals surface area contributed by atoms with Crippen molar-refractivity contribution in [2.75, 3.05) is 5.32 Å². The van der Waals surface area contributed by atoms with Gasteiger partial charge in [-0.05, 0) is 24.3 Å². The van der Waals surface area contributed by atoms with E-state index < -0.39 is 0 Å². The molecule has 90 valence electrons. The third kappa shape index (κ3) is 2.68. The summed E-state index contributed by atoms with van der Waals surface area (Å²) in [5.41, 5.74) is 1.40. The molecule has 3 nitrogen and oxygen atoms in total. The van der Waals surface area contributed by atoms with Gasteiger partial charge in [0.15, 0.2) is 5.69 Å². The lowest BCUT2D eigenvalue weighted by Crippen LogP contribution is -1.96. The van der Waals surface area contributed by atoms with Crippen molar-refractivity contribution >= 4 is 46.2 Å². The molecule has 0 amide bonds. The van der Waals surface area contributed by atoms with Crippen molar-refractivity contribution < 1.29 is 0 Å². The Balaban J connectivity index is 2.41. The highest BCUT2D eigenvalue weighted by atomic mass is 35.5. The molecular weight excluding hydrogens is 293 g/mol. The average molecular weight is 299 g/mol. The second-order valence-electron chi connectivity index (χ2n) is 3.38. The summed E-state index contributed by atoms with van der Waals surface area (Å²) in [5, 5.41) is 13.1. The predicted octanol–water partition coefficient (Wildman–Crippen LogP) is 4.66. The lowest BCUT2D eigenvalue weighted by Gasteiger charge is -2.10. The van der Waals surface area contributed by atoms with Crippen LogP contribution in [0.1, 0.15) is 5.69 Å². The second kappa shape index (κ2) is 5.45. The molecule has 0 unspecified atom stereocenters. The SMILES string of the molecule is N#Cc1ncccc1Nc1cc(Cl)c(Cl)cc1Cl. The number of nitriles is 1. The molecule has 0 aliphatic heterocycles. The van der Waals surface area contributed by atoms with Gasteiger partial charge in [0.05, 0.1) is 26.4 Å². The van der Waals surface area contributed by atoms with Gasteiger partial charge in [0.25, 0.3) is 0 Å². The van der Waals surface area contributed by atoms with Crippen LogP contribution in [0.25, 0.3) is 0 Å². The molecule has 0 saturated heterocycles. The van der Waals surface area contributed by atoms with Crippen LogP contribution in [0.2, 0.25) is 15.1 Å². The van der Waals surface area contributed by atoms with Gasteiger partial charge in [-0.15, -0.1) is 0 Å². The van der Waals surface area contributed by atoms with Gasteiger partial charge in [-0.1, -0.05) is 34.8 Å². The van der Waals surface area contributed by atoms with Gasteiger partial charge < -0.3 is 5.32 Å². The number of rotatable bonds is 2. The van der Waals surface area contributed by atoms with Crippen molar-refractivity contribution in [1.29, 1.82) is 5.26 Å². The molecule has 1 aromatic heterocycles. The van der Waals surface area contributed by atoms with Crippen LogP contribution >= 0.6 is 34.8 Å². The molecule has 0 aliphatic rings. The van der Waals surface area contributed by atoms with Crippen LogP contribution in [-0.2, 0) is 0 Å². The fraction of sp³-hybridized carbons (Fsp3) is 0. The van der Waals surface area contributed by atoms with E-state index in [-0.39, 0.29) is 5.69 Å². The van der Waals surface area contributed by atoms with Crippen molar-refractivity contribution in [3.05, 3.63) is 51.2 Å². The summed E-state index contributed by atoms with van der Waals surface area (Å²) in [5.74, 6) is 0. The smallest absolute Gasteiger partial charge is 0.163 e. The lowest BCUT2D eigenvalue weighted by molar-refractivity contribution is 1.26. The first-order valence-electron chi connectivity index (χ1n) is 4.88. The Morgan fingerprint density at radius 3 is 2.50 bits per heavy atom. The number of nitrogens with zero attached hydrogens (tertiary/aromatic N) is 2. The molecule has 18 heavy (non-hydrogen) atoms. The predicted molar refractivity (Wildman–Crippen MR) is 73.7 cm³/mol. The van der Waals surface area contributed by atoms with Gasteiger partial charge in [-0.3, -0.25) is 0 Å². The van der Waals surface area contributed by atoms with E-state index in [1.807, 2.05) is 6.07 Å². The summed E-state index contributed by atoms with van der Waals surface area (Å²) in [7, 11) is 0. The first-order chi connectivity index (χ1) is 8.61. The Kier molecular flexibility index (Phi) is 3.93. The maximum absolute atomic E-state index is 8.93. The van der Waals surface area contributed by atoms with E-state index in [9.17, 15) is 0 Å². The Bertz CT molecular complexity index is 635. The first-order valence-corrected chi connectivity index (χ1v) is 6.02. The number of aromatic nitrogens is 1. The zero-order valence-corrected chi connectivity index (χ0v) is 11.2. The molecule has 1 aromatic carbocycles. The summed E-state index contributed by atoms with van der Waals surface area (Å²) < 4.78 is 0. The normalized spacial score (nSPS) is 9.89. The van der Waals surface area contributed by atoms with E-state index in [4.69, 9.17) is 40.1 Å². The number of halogens is 3. The number of hydrogen-bond donors (Lipinski definition) is 1. The summed E-state index contributed by atoms with van der Waals surface area (Å²) in [6.45, 7) is 0. The molecule has 0 bridgehead atoms. The van der Waals surface area contributed by atoms with Crippen molar-refractivity contribution in [1.82, 2.24) is 4.98 Å². The molecule has 0 fully saturated rings. The molecule has 6 heteroatoms. The number of anilines is 2. The molecule has 0 aliphatic carbocycles. The van der Waals surface area contributed by atoms with Crippen LogP contribution in [0.4, 0.5) is 11.4 Å². The van der Waals surface area contributed by atoms with E-state index in [0.717, 1.165) is 0 Å². The molecule has 1 heterocycles. The maximum Gasteiger partial charge on any atom is 0.163 e. The van der Waals surface area contributed by atoms with E-state index in [1.54, 1.807) is 24.4 Å². The van der Waals surface area contributed by atoms with E-state index in [2.05, 4.69) is 10.3 Å². The zero-order chi connectivity index (χ0) is 13.1. The van der Waals surface area contributed by atoms with Gasteiger partial charge in [0.1, 0.15) is 6.07 Å². The van der Waals surface area contributed by atoms with Crippen LogP contribution in [0, 0.1) is 11.3 Å². The van der Waals surface area contributed by atoms with Gasteiger partial charge in [-0.2, -0.15) is 5.26 Å². The zero-order valence-electron chi connectivity index (χ0n) is 8.92. The molecule has 2 aromatic rings. The average Bonchev–Trinajstić information content (AvgIpc) is 2.36. The van der Waals surface area contributed by atoms with Crippen LogP contribution in [0.5, 0.6) is 0 Å². The highest BCUT2D eigenvalue weighted by molar-refractivity contribution is 6.44. The summed E-state index contributed by atoms with van der Waals surface area (Å²) in [6, 6.07) is 8.56. The van der Waals surface area contributed by atoms with Crippen molar-refractivity contribution in [2.45, 2.75) is 0 Å². The Hall–Kier alpha value is -1.47. The highest BCUT2D eigenvalue weighted by Gasteiger charge is 2.08. The Morgan fingerprint density at radius 1 is 1.06 bits per heavy atom. The van der Waals surface area contributed by atoms with Gasteiger partial charge in [0.2, 0.25) is 0 Å². The fourth-order valence-corrected chi connectivity index (χ4v) is 1.95. The van der Waals surface area contributed by atoms with E-state index in [1.165, 1.54) is 6.07 Å². The topological polar surface area (TPSA) is 48.7 Å². The Morgan fingerprint density at radius 2 is 1.78 bits per heavy atom. The van der Waals surface area contributed by atoms with Crippen LogP contribution in [0.3, 0.4) is 0 Å². The minimum Gasteiger partial charge on any atom is -0.352 e. The van der Waals surface area contributed by atoms with Crippen LogP contribution in [0.15, 0.2) is 30.5 Å². The standard InChI is InChI=1S/C12H6Cl3N3/c13-7-4-9(15)11(5-8(7)14)18-10-2-1-3-17-12(10)6-16/h1-5,18H. The number of nitrogens with one attached hydrogen (secondary N) is 1. The quantitative estimate of drug-likeness (QED) is 0.820. The van der Waals surface area contributed by atoms with Crippen LogP contribution < -0.4 is 5.32 Å². The van der Waals surface area contributed by atoms with Crippen molar-refractivity contribution in [2.24, 2.45) is 0 Å². The van der Waals surface area contributed by atoms with E-state index in [0.29, 0.717) is 26.4 Å². The van der Waals surface area contributed by atoms with Gasteiger partial charge in [-0.25, -0.2) is 4.98 Å². The fourth-order valence-electron chi connectivity index (χ4n) is 1.36. The molecule has 1 N–H and O–H groups in total. The molecule has 0 atom stereocenters. The minimum absolute atomic E-state index is 0.277. The van der Waals surface area contributed by atoms with Crippen molar-refractivity contribution in [3.63, 3.8) is 0 Å². The lowest BCUT2D eigenvalue weighted by atomic mass is 10.2. The third-order valence-electron chi connectivity index (χ3n) is 2.19. The molecule has 0 spiro atoms. The summed E-state index contributed by atoms with van der Waals surface area (Å²) in [6.07, 6.45) is 1.54. The van der Waals surface area contributed by atoms with Gasteiger partial charge >= 0.3 is 0 Å². The van der Waals surface area contributed by atoms with Crippen LogP contribution in [-0.4, -0.2) is 4.98 Å². The van der Waals surface area contributed by atoms with Gasteiger partial charge in [0, 0.05) is 6.20 Å². The molecule has 0 saturated carbocycles. The third-order valence-corrected chi connectivity index (χ3v) is 3.23. The Labute approximate surface area is 119 Å². The molecule has 2 rings (SSSR count). The highest BCUT2D eigenvalue weighted by Crippen LogP contribution is 2.34. The molecule has 0 radical (unpaired) electrons. The minimum atomic E-state index is 0.277. The number of benzene rings is 1. The number of hydrogen-bond acceptors (Lipinski definition) is 3. The second-order valence-corrected chi connectivity index (χ2v) is 4.60. The summed E-state index contributed by atoms with van der Waals surface area (Å²) in [4.78, 5) is 3.94. The largest absolute Gasteiger partial charge is 0.352 e. The summed E-state index contributed by atoms with van der Waals surface area (Å²) >= 11 is 17.8. The maximum atomic E-state index is 8.93.